The summed E-state index contributed by atoms with van der Waals surface area (Å²) in [5, 5.41) is 6.44. The summed E-state index contributed by atoms with van der Waals surface area (Å²) in [7, 11) is 3.14. The Bertz CT molecular complexity index is 763. The zero-order valence-corrected chi connectivity index (χ0v) is 17.1. The van der Waals surface area contributed by atoms with Crippen LogP contribution < -0.4 is 14.8 Å². The van der Waals surface area contributed by atoms with E-state index in [-0.39, 0.29) is 5.91 Å². The Hall–Kier alpha value is -2.06. The fraction of sp³-hybridized carbons (Fsp3) is 0.333. The van der Waals surface area contributed by atoms with Crippen LogP contribution in [0.5, 0.6) is 11.5 Å². The molecule has 0 aliphatic heterocycles. The molecule has 0 spiro atoms. The zero-order chi connectivity index (χ0) is 19.1. The van der Waals surface area contributed by atoms with Gasteiger partial charge in [-0.3, -0.25) is 9.59 Å². The lowest BCUT2D eigenvalue weighted by Gasteiger charge is -2.16. The fourth-order valence-corrected chi connectivity index (χ4v) is 3.56. The van der Waals surface area contributed by atoms with Crippen molar-refractivity contribution in [3.8, 4) is 11.5 Å². The molecular weight excluding hydrogens is 422 g/mol. The quantitative estimate of drug-likeness (QED) is 0.634. The molecule has 1 unspecified atom stereocenters. The average Bonchev–Trinajstić information content (AvgIpc) is 3.14. The van der Waals surface area contributed by atoms with E-state index in [0.29, 0.717) is 30.0 Å². The summed E-state index contributed by atoms with van der Waals surface area (Å²) < 4.78 is 16.6. The molecule has 2 rings (SSSR count). The van der Waals surface area contributed by atoms with Crippen LogP contribution in [0.25, 0.3) is 0 Å². The number of methoxy groups -OCH3 is 2. The van der Waals surface area contributed by atoms with E-state index in [1.807, 2.05) is 17.5 Å². The van der Waals surface area contributed by atoms with Gasteiger partial charge in [-0.15, -0.1) is 0 Å². The average molecular weight is 442 g/mol. The van der Waals surface area contributed by atoms with Crippen LogP contribution in [0.15, 0.2) is 33.4 Å². The predicted molar refractivity (Wildman–Crippen MR) is 103 cm³/mol. The number of nitrogens with one attached hydrogen (secondary N) is 1. The molecule has 2 aromatic rings. The molecule has 1 N–H and O–H groups in total. The molecule has 1 aromatic heterocycles. The molecule has 0 fully saturated rings. The van der Waals surface area contributed by atoms with E-state index in [2.05, 4.69) is 21.2 Å². The number of carbonyl (C=O) groups is 2. The van der Waals surface area contributed by atoms with Gasteiger partial charge < -0.3 is 19.5 Å². The Morgan fingerprint density at radius 2 is 1.92 bits per heavy atom. The van der Waals surface area contributed by atoms with E-state index in [1.54, 1.807) is 25.7 Å². The molecule has 1 aromatic carbocycles. The number of hydrogen-bond donors (Lipinski definition) is 1. The van der Waals surface area contributed by atoms with Crippen LogP contribution >= 0.6 is 27.3 Å². The van der Waals surface area contributed by atoms with Crippen molar-refractivity contribution in [2.45, 2.75) is 19.4 Å². The first-order chi connectivity index (χ1) is 12.5. The van der Waals surface area contributed by atoms with Crippen LogP contribution in [-0.2, 0) is 20.7 Å². The minimum Gasteiger partial charge on any atom is -0.493 e. The van der Waals surface area contributed by atoms with Crippen molar-refractivity contribution in [1.29, 1.82) is 0 Å². The molecule has 1 atom stereocenters. The summed E-state index contributed by atoms with van der Waals surface area (Å²) in [6.45, 7) is 1.67. The second-order valence-corrected chi connectivity index (χ2v) is 7.02. The Balaban J connectivity index is 2.02. The van der Waals surface area contributed by atoms with Gasteiger partial charge in [-0.05, 0) is 40.9 Å². The topological polar surface area (TPSA) is 73.9 Å². The van der Waals surface area contributed by atoms with E-state index in [9.17, 15) is 9.59 Å². The highest BCUT2D eigenvalue weighted by Crippen LogP contribution is 2.33. The number of rotatable bonds is 8. The summed E-state index contributed by atoms with van der Waals surface area (Å²) in [4.78, 5) is 23.7. The van der Waals surface area contributed by atoms with E-state index in [1.165, 1.54) is 18.3 Å². The SMILES string of the molecule is COc1cc(Br)c(CCNC(=O)C(OC(C)=O)c2ccsc2)cc1OC. The second-order valence-electron chi connectivity index (χ2n) is 5.39. The summed E-state index contributed by atoms with van der Waals surface area (Å²) >= 11 is 4.93. The lowest BCUT2D eigenvalue weighted by molar-refractivity contribution is -0.154. The van der Waals surface area contributed by atoms with Gasteiger partial charge in [0, 0.05) is 23.5 Å². The van der Waals surface area contributed by atoms with E-state index in [4.69, 9.17) is 14.2 Å². The highest BCUT2D eigenvalue weighted by molar-refractivity contribution is 9.10. The van der Waals surface area contributed by atoms with Gasteiger partial charge in [0.1, 0.15) is 0 Å². The molecular formula is C18H20BrNO5S. The molecule has 8 heteroatoms. The number of amides is 1. The third-order valence-corrected chi connectivity index (χ3v) is 5.05. The van der Waals surface area contributed by atoms with Gasteiger partial charge in [-0.1, -0.05) is 15.9 Å². The Morgan fingerprint density at radius 1 is 1.23 bits per heavy atom. The van der Waals surface area contributed by atoms with Crippen LogP contribution in [0.2, 0.25) is 0 Å². The lowest BCUT2D eigenvalue weighted by Crippen LogP contribution is -2.33. The number of esters is 1. The monoisotopic (exact) mass is 441 g/mol. The van der Waals surface area contributed by atoms with Crippen molar-refractivity contribution in [2.75, 3.05) is 20.8 Å². The lowest BCUT2D eigenvalue weighted by atomic mass is 10.1. The smallest absolute Gasteiger partial charge is 0.303 e. The molecule has 0 saturated heterocycles. The van der Waals surface area contributed by atoms with Crippen LogP contribution in [-0.4, -0.2) is 32.6 Å². The molecule has 26 heavy (non-hydrogen) atoms. The first-order valence-corrected chi connectivity index (χ1v) is 9.57. The summed E-state index contributed by atoms with van der Waals surface area (Å²) in [5.74, 6) is 0.391. The number of benzene rings is 1. The van der Waals surface area contributed by atoms with Gasteiger partial charge in [0.25, 0.3) is 5.91 Å². The maximum absolute atomic E-state index is 12.4. The molecule has 0 saturated carbocycles. The molecule has 140 valence electrons. The van der Waals surface area contributed by atoms with Crippen molar-refractivity contribution in [1.82, 2.24) is 5.32 Å². The highest BCUT2D eigenvalue weighted by atomic mass is 79.9. The van der Waals surface area contributed by atoms with E-state index >= 15 is 0 Å². The minimum atomic E-state index is -0.937. The van der Waals surface area contributed by atoms with Crippen molar-refractivity contribution in [3.63, 3.8) is 0 Å². The fourth-order valence-electron chi connectivity index (χ4n) is 2.36. The molecule has 1 heterocycles. The maximum Gasteiger partial charge on any atom is 0.303 e. The molecule has 0 aliphatic carbocycles. The molecule has 0 bridgehead atoms. The second kappa shape index (κ2) is 9.59. The largest absolute Gasteiger partial charge is 0.493 e. The first kappa shape index (κ1) is 20.3. The van der Waals surface area contributed by atoms with E-state index < -0.39 is 12.1 Å². The minimum absolute atomic E-state index is 0.352. The molecule has 0 aliphatic rings. The predicted octanol–water partition coefficient (Wildman–Crippen LogP) is 3.49. The van der Waals surface area contributed by atoms with Gasteiger partial charge in [-0.25, -0.2) is 0 Å². The Kier molecular flexibility index (Phi) is 7.47. The first-order valence-electron chi connectivity index (χ1n) is 7.83. The highest BCUT2D eigenvalue weighted by Gasteiger charge is 2.24. The van der Waals surface area contributed by atoms with Gasteiger partial charge in [0.2, 0.25) is 6.10 Å². The Labute approximate surface area is 164 Å². The number of hydrogen-bond acceptors (Lipinski definition) is 6. The number of halogens is 1. The van der Waals surface area contributed by atoms with Crippen molar-refractivity contribution < 1.29 is 23.8 Å². The molecule has 6 nitrogen and oxygen atoms in total. The van der Waals surface area contributed by atoms with Crippen molar-refractivity contribution in [3.05, 3.63) is 44.6 Å². The van der Waals surface area contributed by atoms with Crippen molar-refractivity contribution >= 4 is 39.1 Å². The van der Waals surface area contributed by atoms with Gasteiger partial charge in [-0.2, -0.15) is 11.3 Å². The van der Waals surface area contributed by atoms with Crippen LogP contribution in [0.4, 0.5) is 0 Å². The normalized spacial score (nSPS) is 11.5. The zero-order valence-electron chi connectivity index (χ0n) is 14.7. The summed E-state index contributed by atoms with van der Waals surface area (Å²) in [6, 6.07) is 5.45. The number of thiophene rings is 1. The van der Waals surface area contributed by atoms with Gasteiger partial charge >= 0.3 is 5.97 Å². The Morgan fingerprint density at radius 3 is 2.50 bits per heavy atom. The van der Waals surface area contributed by atoms with Crippen LogP contribution in [0.3, 0.4) is 0 Å². The summed E-state index contributed by atoms with van der Waals surface area (Å²) in [5.41, 5.74) is 1.62. The van der Waals surface area contributed by atoms with Crippen LogP contribution in [0.1, 0.15) is 24.2 Å². The maximum atomic E-state index is 12.4. The third-order valence-electron chi connectivity index (χ3n) is 3.61. The summed E-state index contributed by atoms with van der Waals surface area (Å²) in [6.07, 6.45) is -0.365. The molecule has 0 radical (unpaired) electrons. The molecule has 1 amide bonds. The van der Waals surface area contributed by atoms with Gasteiger partial charge in [0.05, 0.1) is 14.2 Å². The standard InChI is InChI=1S/C18H20BrNO5S/c1-11(21)25-17(13-5-7-26-10-13)18(22)20-6-4-12-8-15(23-2)16(24-3)9-14(12)19/h5,7-10,17H,4,6H2,1-3H3,(H,20,22). The number of ether oxygens (including phenoxy) is 3. The van der Waals surface area contributed by atoms with Crippen molar-refractivity contribution in [2.24, 2.45) is 0 Å². The third kappa shape index (κ3) is 5.22. The van der Waals surface area contributed by atoms with Gasteiger partial charge in [0.15, 0.2) is 11.5 Å². The number of carbonyl (C=O) groups excluding carboxylic acids is 2. The van der Waals surface area contributed by atoms with E-state index in [0.717, 1.165) is 10.0 Å². The van der Waals surface area contributed by atoms with Crippen LogP contribution in [0, 0.1) is 0 Å².